The third-order valence-electron chi connectivity index (χ3n) is 4.51. The van der Waals surface area contributed by atoms with Crippen LogP contribution in [0.1, 0.15) is 27.2 Å². The first-order valence-corrected chi connectivity index (χ1v) is 8.36. The normalized spacial score (nSPS) is 14.0. The Morgan fingerprint density at radius 2 is 1.96 bits per heavy atom. The maximum absolute atomic E-state index is 13.5. The van der Waals surface area contributed by atoms with Gasteiger partial charge in [-0.3, -0.25) is 9.78 Å². The second kappa shape index (κ2) is 6.53. The van der Waals surface area contributed by atoms with Crippen LogP contribution in [-0.4, -0.2) is 27.0 Å². The highest BCUT2D eigenvalue weighted by molar-refractivity contribution is 5.99. The van der Waals surface area contributed by atoms with E-state index in [1.165, 1.54) is 12.1 Å². The lowest BCUT2D eigenvalue weighted by Crippen LogP contribution is -2.32. The highest BCUT2D eigenvalue weighted by Gasteiger charge is 2.36. The van der Waals surface area contributed by atoms with Crippen LogP contribution >= 0.6 is 0 Å². The number of halogens is 3. The second-order valence-electron chi connectivity index (χ2n) is 6.31. The molecule has 4 rings (SSSR count). The first kappa shape index (κ1) is 17.3. The zero-order valence-corrected chi connectivity index (χ0v) is 14.1. The maximum Gasteiger partial charge on any atom is 0.433 e. The molecule has 1 aliphatic heterocycles. The van der Waals surface area contributed by atoms with Crippen molar-refractivity contribution in [1.82, 2.24) is 19.9 Å². The van der Waals surface area contributed by atoms with Crippen molar-refractivity contribution in [1.29, 1.82) is 0 Å². The topological polar surface area (TPSA) is 59.8 Å². The molecule has 8 heteroatoms. The molecule has 3 aromatic rings. The molecule has 5 nitrogen and oxygen atoms in total. The third kappa shape index (κ3) is 3.30. The number of nitrogens with one attached hydrogen (secondary N) is 1. The lowest BCUT2D eigenvalue weighted by Gasteiger charge is -2.23. The lowest BCUT2D eigenvalue weighted by atomic mass is 9.88. The molecule has 1 N–H and O–H groups in total. The molecular formula is C19H15F3N4O. The van der Waals surface area contributed by atoms with Crippen molar-refractivity contribution in [3.05, 3.63) is 71.6 Å². The molecule has 0 aliphatic carbocycles. The van der Waals surface area contributed by atoms with Crippen molar-refractivity contribution in [3.8, 4) is 11.1 Å². The monoisotopic (exact) mass is 372 g/mol. The number of carbonyl (C=O) groups excluding carboxylic acids is 1. The zero-order valence-electron chi connectivity index (χ0n) is 14.1. The van der Waals surface area contributed by atoms with Crippen molar-refractivity contribution in [2.75, 3.05) is 6.54 Å². The fourth-order valence-electron chi connectivity index (χ4n) is 3.37. The molecule has 0 radical (unpaired) electrons. The Bertz CT molecular complexity index is 997. The molecule has 0 spiro atoms. The average molecular weight is 372 g/mol. The Labute approximate surface area is 152 Å². The van der Waals surface area contributed by atoms with Crippen molar-refractivity contribution in [2.24, 2.45) is 0 Å². The van der Waals surface area contributed by atoms with Gasteiger partial charge in [-0.25, -0.2) is 4.98 Å². The Hall–Kier alpha value is -3.16. The third-order valence-corrected chi connectivity index (χ3v) is 4.51. The van der Waals surface area contributed by atoms with Gasteiger partial charge in [-0.05, 0) is 41.3 Å². The van der Waals surface area contributed by atoms with Gasteiger partial charge in [0.05, 0.1) is 6.33 Å². The van der Waals surface area contributed by atoms with E-state index >= 15 is 0 Å². The number of hydrogen-bond acceptors (Lipinski definition) is 3. The SMILES string of the molecule is O=C1NCCc2c1cc(Cn1ccnc1)cc2-c1cccnc1C(F)(F)F. The van der Waals surface area contributed by atoms with E-state index in [2.05, 4.69) is 15.3 Å². The second-order valence-corrected chi connectivity index (χ2v) is 6.31. The van der Waals surface area contributed by atoms with Gasteiger partial charge in [0.1, 0.15) is 0 Å². The van der Waals surface area contributed by atoms with E-state index in [9.17, 15) is 18.0 Å². The molecular weight excluding hydrogens is 357 g/mol. The van der Waals surface area contributed by atoms with Crippen LogP contribution in [-0.2, 0) is 19.1 Å². The number of nitrogens with zero attached hydrogens (tertiary/aromatic N) is 3. The largest absolute Gasteiger partial charge is 0.433 e. The van der Waals surface area contributed by atoms with Gasteiger partial charge >= 0.3 is 6.18 Å². The summed E-state index contributed by atoms with van der Waals surface area (Å²) in [5.41, 5.74) is 1.19. The van der Waals surface area contributed by atoms with Crippen molar-refractivity contribution in [3.63, 3.8) is 0 Å². The number of imidazole rings is 1. The van der Waals surface area contributed by atoms with Crippen LogP contribution in [0, 0.1) is 0 Å². The van der Waals surface area contributed by atoms with Crippen molar-refractivity contribution in [2.45, 2.75) is 19.1 Å². The summed E-state index contributed by atoms with van der Waals surface area (Å²) in [5, 5.41) is 2.75. The predicted octanol–water partition coefficient (Wildman–Crippen LogP) is 3.30. The smallest absolute Gasteiger partial charge is 0.352 e. The lowest BCUT2D eigenvalue weighted by molar-refractivity contribution is -0.140. The highest BCUT2D eigenvalue weighted by Crippen LogP contribution is 2.38. The highest BCUT2D eigenvalue weighted by atomic mass is 19.4. The first-order chi connectivity index (χ1) is 12.9. The van der Waals surface area contributed by atoms with Crippen molar-refractivity contribution >= 4 is 5.91 Å². The van der Waals surface area contributed by atoms with E-state index < -0.39 is 11.9 Å². The zero-order chi connectivity index (χ0) is 19.0. The number of amides is 1. The van der Waals surface area contributed by atoms with Gasteiger partial charge in [-0.1, -0.05) is 6.07 Å². The summed E-state index contributed by atoms with van der Waals surface area (Å²) in [4.78, 5) is 19.9. The van der Waals surface area contributed by atoms with E-state index in [-0.39, 0.29) is 11.5 Å². The minimum absolute atomic E-state index is 0.0107. The molecule has 138 valence electrons. The number of fused-ring (bicyclic) bond motifs is 1. The number of rotatable bonds is 3. The van der Waals surface area contributed by atoms with E-state index in [4.69, 9.17) is 0 Å². The number of aromatic nitrogens is 3. The van der Waals surface area contributed by atoms with Gasteiger partial charge in [0.2, 0.25) is 0 Å². The molecule has 0 unspecified atom stereocenters. The van der Waals surface area contributed by atoms with Crippen LogP contribution < -0.4 is 5.32 Å². The van der Waals surface area contributed by atoms with Gasteiger partial charge in [0.25, 0.3) is 5.91 Å². The fraction of sp³-hybridized carbons (Fsp3) is 0.211. The minimum Gasteiger partial charge on any atom is -0.352 e. The summed E-state index contributed by atoms with van der Waals surface area (Å²) in [6.07, 6.45) is 2.00. The summed E-state index contributed by atoms with van der Waals surface area (Å²) >= 11 is 0. The molecule has 27 heavy (non-hydrogen) atoms. The number of hydrogen-bond donors (Lipinski definition) is 1. The molecule has 1 aromatic carbocycles. The van der Waals surface area contributed by atoms with Crippen LogP contribution in [0.5, 0.6) is 0 Å². The number of benzene rings is 1. The Balaban J connectivity index is 1.92. The van der Waals surface area contributed by atoms with Gasteiger partial charge in [0, 0.05) is 42.8 Å². The van der Waals surface area contributed by atoms with E-state index in [0.29, 0.717) is 36.2 Å². The van der Waals surface area contributed by atoms with E-state index in [1.807, 2.05) is 0 Å². The van der Waals surface area contributed by atoms with Crippen LogP contribution in [0.15, 0.2) is 49.2 Å². The molecule has 3 heterocycles. The standard InChI is InChI=1S/C19H15F3N4O/c20-19(21,22)17-14(2-1-4-24-17)15-8-12(10-26-7-6-23-11-26)9-16-13(15)3-5-25-18(16)27/h1-2,4,6-9,11H,3,5,10H2,(H,25,27). The fourth-order valence-corrected chi connectivity index (χ4v) is 3.37. The molecule has 0 fully saturated rings. The van der Waals surface area contributed by atoms with E-state index in [0.717, 1.165) is 11.8 Å². The Morgan fingerprint density at radius 3 is 2.70 bits per heavy atom. The number of pyridine rings is 1. The minimum atomic E-state index is -4.58. The van der Waals surface area contributed by atoms with Gasteiger partial charge < -0.3 is 9.88 Å². The van der Waals surface area contributed by atoms with Crippen LogP contribution in [0.2, 0.25) is 0 Å². The van der Waals surface area contributed by atoms with Crippen LogP contribution in [0.4, 0.5) is 13.2 Å². The van der Waals surface area contributed by atoms with Crippen LogP contribution in [0.25, 0.3) is 11.1 Å². The van der Waals surface area contributed by atoms with Gasteiger partial charge in [-0.2, -0.15) is 13.2 Å². The van der Waals surface area contributed by atoms with Gasteiger partial charge in [-0.15, -0.1) is 0 Å². The molecule has 2 aromatic heterocycles. The number of carbonyl (C=O) groups is 1. The summed E-state index contributed by atoms with van der Waals surface area (Å²) in [6, 6.07) is 6.32. The number of alkyl halides is 3. The molecule has 0 atom stereocenters. The molecule has 0 saturated heterocycles. The molecule has 0 saturated carbocycles. The molecule has 0 bridgehead atoms. The summed E-state index contributed by atoms with van der Waals surface area (Å²) < 4.78 is 42.3. The Morgan fingerprint density at radius 1 is 1.15 bits per heavy atom. The van der Waals surface area contributed by atoms with Gasteiger partial charge in [0.15, 0.2) is 5.69 Å². The van der Waals surface area contributed by atoms with E-state index in [1.54, 1.807) is 35.4 Å². The average Bonchev–Trinajstić information content (AvgIpc) is 3.14. The first-order valence-electron chi connectivity index (χ1n) is 8.36. The van der Waals surface area contributed by atoms with Crippen LogP contribution in [0.3, 0.4) is 0 Å². The summed E-state index contributed by atoms with van der Waals surface area (Å²) in [7, 11) is 0. The quantitative estimate of drug-likeness (QED) is 0.768. The molecule has 1 amide bonds. The summed E-state index contributed by atoms with van der Waals surface area (Å²) in [5.74, 6) is -0.276. The van der Waals surface area contributed by atoms with Crippen molar-refractivity contribution < 1.29 is 18.0 Å². The predicted molar refractivity (Wildman–Crippen MR) is 92.0 cm³/mol. The summed E-state index contributed by atoms with van der Waals surface area (Å²) in [6.45, 7) is 0.788. The maximum atomic E-state index is 13.5. The molecule has 1 aliphatic rings. The Kier molecular flexibility index (Phi) is 4.18.